The number of benzene rings is 1. The van der Waals surface area contributed by atoms with E-state index in [1.54, 1.807) is 12.3 Å². The fraction of sp³-hybridized carbons (Fsp3) is 0.500. The first kappa shape index (κ1) is 20.4. The summed E-state index contributed by atoms with van der Waals surface area (Å²) in [6, 6.07) is 5.43. The van der Waals surface area contributed by atoms with Gasteiger partial charge in [-0.25, -0.2) is 0 Å². The summed E-state index contributed by atoms with van der Waals surface area (Å²) in [7, 11) is 0. The molecule has 1 aliphatic heterocycles. The first-order chi connectivity index (χ1) is 13.2. The number of nitrogens with one attached hydrogen (secondary N) is 2. The zero-order valence-corrected chi connectivity index (χ0v) is 16.0. The Hall–Kier alpha value is -2.35. The minimum Gasteiger partial charge on any atom is -0.350 e. The van der Waals surface area contributed by atoms with Crippen molar-refractivity contribution in [1.29, 1.82) is 0 Å². The molecule has 2 aromatic rings. The molecule has 2 N–H and O–H groups in total. The van der Waals surface area contributed by atoms with Gasteiger partial charge in [-0.1, -0.05) is 18.2 Å². The van der Waals surface area contributed by atoms with Crippen LogP contribution in [0.1, 0.15) is 47.4 Å². The summed E-state index contributed by atoms with van der Waals surface area (Å²) in [4.78, 5) is 12.3. The van der Waals surface area contributed by atoms with Crippen LogP contribution in [-0.2, 0) is 25.7 Å². The van der Waals surface area contributed by atoms with Crippen molar-refractivity contribution < 1.29 is 18.0 Å². The second-order valence-corrected chi connectivity index (χ2v) is 7.54. The fourth-order valence-electron chi connectivity index (χ4n) is 3.48. The minimum atomic E-state index is -4.33. The van der Waals surface area contributed by atoms with Crippen LogP contribution in [0.3, 0.4) is 0 Å². The number of halogens is 3. The van der Waals surface area contributed by atoms with E-state index in [2.05, 4.69) is 15.7 Å². The molecule has 0 radical (unpaired) electrons. The van der Waals surface area contributed by atoms with Gasteiger partial charge in [0.25, 0.3) is 5.91 Å². The Bertz CT molecular complexity index is 829. The monoisotopic (exact) mass is 394 g/mol. The van der Waals surface area contributed by atoms with Gasteiger partial charge in [0.05, 0.1) is 23.0 Å². The van der Waals surface area contributed by atoms with Crippen molar-refractivity contribution in [3.05, 3.63) is 52.8 Å². The Morgan fingerprint density at radius 3 is 2.86 bits per heavy atom. The van der Waals surface area contributed by atoms with Gasteiger partial charge < -0.3 is 10.6 Å². The molecule has 5 nitrogen and oxygen atoms in total. The molecule has 0 saturated carbocycles. The van der Waals surface area contributed by atoms with Crippen molar-refractivity contribution in [3.63, 3.8) is 0 Å². The van der Waals surface area contributed by atoms with Crippen LogP contribution in [-0.4, -0.2) is 28.3 Å². The van der Waals surface area contributed by atoms with Gasteiger partial charge in [-0.05, 0) is 50.8 Å². The zero-order valence-electron chi connectivity index (χ0n) is 16.0. The van der Waals surface area contributed by atoms with Gasteiger partial charge in [-0.2, -0.15) is 18.3 Å². The predicted octanol–water partition coefficient (Wildman–Crippen LogP) is 3.39. The summed E-state index contributed by atoms with van der Waals surface area (Å²) in [6.45, 7) is 5.61. The maximum absolute atomic E-state index is 12.8. The van der Waals surface area contributed by atoms with Crippen LogP contribution in [0.2, 0.25) is 0 Å². The normalized spacial score (nSPS) is 16.9. The number of carbonyl (C=O) groups is 1. The van der Waals surface area contributed by atoms with Crippen molar-refractivity contribution >= 4 is 5.91 Å². The topological polar surface area (TPSA) is 59.0 Å². The predicted molar refractivity (Wildman–Crippen MR) is 99.8 cm³/mol. The van der Waals surface area contributed by atoms with E-state index in [9.17, 15) is 18.0 Å². The van der Waals surface area contributed by atoms with Crippen LogP contribution in [0.4, 0.5) is 13.2 Å². The third kappa shape index (κ3) is 4.92. The van der Waals surface area contributed by atoms with Gasteiger partial charge in [-0.3, -0.25) is 9.48 Å². The van der Waals surface area contributed by atoms with Crippen LogP contribution in [0, 0.1) is 5.92 Å². The average molecular weight is 394 g/mol. The lowest BCUT2D eigenvalue weighted by molar-refractivity contribution is -0.137. The summed E-state index contributed by atoms with van der Waals surface area (Å²) >= 11 is 0. The molecule has 8 heteroatoms. The van der Waals surface area contributed by atoms with E-state index in [4.69, 9.17) is 0 Å². The van der Waals surface area contributed by atoms with Crippen LogP contribution in [0.5, 0.6) is 0 Å². The summed E-state index contributed by atoms with van der Waals surface area (Å²) in [5.41, 5.74) is 1.51. The number of carbonyl (C=O) groups excluding carboxylic acids is 1. The standard InChI is InChI=1S/C20H25F3N4O/c1-13(2)26-19(28)17-12-25-27-7-6-15(9-18(17)27)11-24-10-14-4-3-5-16(8-14)20(21,22)23/h3-5,8,12-13,15,24H,6-7,9-11H2,1-2H3,(H,26,28). The van der Waals surface area contributed by atoms with E-state index in [1.165, 1.54) is 12.1 Å². The average Bonchev–Trinajstić information content (AvgIpc) is 3.04. The molecule has 0 spiro atoms. The third-order valence-corrected chi connectivity index (χ3v) is 4.86. The molecule has 0 aliphatic carbocycles. The van der Waals surface area contributed by atoms with Gasteiger partial charge in [0.15, 0.2) is 0 Å². The largest absolute Gasteiger partial charge is 0.416 e. The molecular formula is C20H25F3N4O. The Morgan fingerprint density at radius 1 is 1.36 bits per heavy atom. The summed E-state index contributed by atoms with van der Waals surface area (Å²) in [5.74, 6) is 0.189. The third-order valence-electron chi connectivity index (χ3n) is 4.86. The summed E-state index contributed by atoms with van der Waals surface area (Å²) in [6.07, 6.45) is -1.08. The van der Waals surface area contributed by atoms with Crippen molar-refractivity contribution in [3.8, 4) is 0 Å². The zero-order chi connectivity index (χ0) is 20.3. The van der Waals surface area contributed by atoms with Crippen LogP contribution < -0.4 is 10.6 Å². The Balaban J connectivity index is 1.57. The molecule has 0 saturated heterocycles. The molecule has 28 heavy (non-hydrogen) atoms. The van der Waals surface area contributed by atoms with E-state index in [0.29, 0.717) is 30.1 Å². The van der Waals surface area contributed by atoms with Crippen molar-refractivity contribution in [1.82, 2.24) is 20.4 Å². The van der Waals surface area contributed by atoms with E-state index in [0.717, 1.165) is 31.1 Å². The number of aromatic nitrogens is 2. The number of hydrogen-bond acceptors (Lipinski definition) is 3. The highest BCUT2D eigenvalue weighted by molar-refractivity contribution is 5.95. The summed E-state index contributed by atoms with van der Waals surface area (Å²) in [5, 5.41) is 10.5. The highest BCUT2D eigenvalue weighted by Crippen LogP contribution is 2.29. The van der Waals surface area contributed by atoms with Crippen molar-refractivity contribution in [2.45, 2.75) is 52.0 Å². The smallest absolute Gasteiger partial charge is 0.350 e. The lowest BCUT2D eigenvalue weighted by Gasteiger charge is -2.24. The van der Waals surface area contributed by atoms with Gasteiger partial charge in [0.1, 0.15) is 0 Å². The Morgan fingerprint density at radius 2 is 2.14 bits per heavy atom. The number of alkyl halides is 3. The first-order valence-corrected chi connectivity index (χ1v) is 9.46. The number of aryl methyl sites for hydroxylation is 1. The Kier molecular flexibility index (Phi) is 6.07. The molecule has 1 amide bonds. The SMILES string of the molecule is CC(C)NC(=O)c1cnn2c1CC(CNCc1cccc(C(F)(F)F)c1)CC2. The molecule has 1 aromatic carbocycles. The molecule has 0 fully saturated rings. The quantitative estimate of drug-likeness (QED) is 0.790. The minimum absolute atomic E-state index is 0.0524. The molecule has 1 unspecified atom stereocenters. The Labute approximate surface area is 162 Å². The van der Waals surface area contributed by atoms with E-state index in [-0.39, 0.29) is 11.9 Å². The molecule has 152 valence electrons. The summed E-state index contributed by atoms with van der Waals surface area (Å²) < 4.78 is 40.3. The second-order valence-electron chi connectivity index (χ2n) is 7.54. The molecule has 2 heterocycles. The lowest BCUT2D eigenvalue weighted by atomic mass is 9.94. The maximum atomic E-state index is 12.8. The maximum Gasteiger partial charge on any atom is 0.416 e. The molecule has 3 rings (SSSR count). The van der Waals surface area contributed by atoms with Crippen LogP contribution in [0.25, 0.3) is 0 Å². The molecule has 1 aromatic heterocycles. The second kappa shape index (κ2) is 8.34. The molecular weight excluding hydrogens is 369 g/mol. The highest BCUT2D eigenvalue weighted by atomic mass is 19.4. The van der Waals surface area contributed by atoms with E-state index >= 15 is 0 Å². The molecule has 1 atom stereocenters. The molecule has 0 bridgehead atoms. The van der Waals surface area contributed by atoms with Crippen molar-refractivity contribution in [2.24, 2.45) is 5.92 Å². The molecule has 1 aliphatic rings. The van der Waals surface area contributed by atoms with Gasteiger partial charge in [0, 0.05) is 19.1 Å². The lowest BCUT2D eigenvalue weighted by Crippen LogP contribution is -2.33. The number of hydrogen-bond donors (Lipinski definition) is 2. The van der Waals surface area contributed by atoms with Gasteiger partial charge in [-0.15, -0.1) is 0 Å². The van der Waals surface area contributed by atoms with E-state index in [1.807, 2.05) is 18.5 Å². The highest BCUT2D eigenvalue weighted by Gasteiger charge is 2.30. The number of nitrogens with zero attached hydrogens (tertiary/aromatic N) is 2. The number of fused-ring (bicyclic) bond motifs is 1. The fourth-order valence-corrected chi connectivity index (χ4v) is 3.48. The van der Waals surface area contributed by atoms with Crippen molar-refractivity contribution in [2.75, 3.05) is 6.54 Å². The number of amides is 1. The van der Waals surface area contributed by atoms with Gasteiger partial charge >= 0.3 is 6.18 Å². The van der Waals surface area contributed by atoms with Crippen LogP contribution in [0.15, 0.2) is 30.5 Å². The van der Waals surface area contributed by atoms with Crippen LogP contribution >= 0.6 is 0 Å². The van der Waals surface area contributed by atoms with Gasteiger partial charge in [0.2, 0.25) is 0 Å². The number of rotatable bonds is 6. The van der Waals surface area contributed by atoms with E-state index < -0.39 is 11.7 Å². The first-order valence-electron chi connectivity index (χ1n) is 9.46.